The number of alkyl halides is 2. The van der Waals surface area contributed by atoms with Gasteiger partial charge in [0.25, 0.3) is 7.37 Å². The zero-order chi connectivity index (χ0) is 25.8. The number of nitrogens with zero attached hydrogens (tertiary/aromatic N) is 1. The molecule has 8 nitrogen and oxygen atoms in total. The van der Waals surface area contributed by atoms with Gasteiger partial charge in [-0.3, -0.25) is 4.57 Å². The number of carbonyl (C=O) groups is 1. The fraction of sp³-hybridized carbons (Fsp3) is 0.696. The Morgan fingerprint density at radius 3 is 2.21 bits per heavy atom. The number of nitrogens with one attached hydrogen (secondary N) is 1. The van der Waals surface area contributed by atoms with Gasteiger partial charge in [0.15, 0.2) is 0 Å². The summed E-state index contributed by atoms with van der Waals surface area (Å²) in [6.45, 7) is 10.8. The fourth-order valence-corrected chi connectivity index (χ4v) is 6.81. The lowest BCUT2D eigenvalue weighted by molar-refractivity contribution is -0.168. The molecular formula is C23H39Cl2N2O6P. The second-order valence-electron chi connectivity index (χ2n) is 7.86. The van der Waals surface area contributed by atoms with E-state index in [1.165, 1.54) is 0 Å². The smallest absolute Gasteiger partial charge is 0.404 e. The molecule has 11 heteroatoms. The normalized spacial score (nSPS) is 14.4. The zero-order valence-electron chi connectivity index (χ0n) is 20.8. The summed E-state index contributed by atoms with van der Waals surface area (Å²) in [6.07, 6.45) is -0.977. The monoisotopic (exact) mass is 540 g/mol. The van der Waals surface area contributed by atoms with E-state index in [0.717, 1.165) is 16.8 Å². The van der Waals surface area contributed by atoms with Gasteiger partial charge in [0.05, 0.1) is 12.8 Å². The molecule has 0 spiro atoms. The highest BCUT2D eigenvalue weighted by atomic mass is 35.5. The van der Waals surface area contributed by atoms with E-state index in [2.05, 4.69) is 10.2 Å². The van der Waals surface area contributed by atoms with Crippen LogP contribution >= 0.6 is 30.6 Å². The van der Waals surface area contributed by atoms with Crippen molar-refractivity contribution < 1.29 is 28.5 Å². The predicted molar refractivity (Wildman–Crippen MR) is 139 cm³/mol. The number of hydrogen-bond donors (Lipinski definition) is 2. The summed E-state index contributed by atoms with van der Waals surface area (Å²) in [5.74, 6) is 0.905. The van der Waals surface area contributed by atoms with Gasteiger partial charge in [-0.2, -0.15) is 0 Å². The van der Waals surface area contributed by atoms with Crippen molar-refractivity contribution in [2.45, 2.75) is 52.6 Å². The Balaban J connectivity index is 3.35. The Labute approximate surface area is 213 Å². The molecule has 0 aliphatic heterocycles. The summed E-state index contributed by atoms with van der Waals surface area (Å²) >= 11 is 11.9. The molecule has 196 valence electrons. The third-order valence-corrected chi connectivity index (χ3v) is 8.87. The number of halogens is 2. The van der Waals surface area contributed by atoms with E-state index < -0.39 is 25.0 Å². The maximum atomic E-state index is 14.1. The molecule has 0 saturated heterocycles. The molecule has 0 heterocycles. The fourth-order valence-electron chi connectivity index (χ4n) is 3.86. The SMILES string of the molecule is CCOC(C)(OCC)P(=O)(C[C@@H](Cc1cc(N(CCCl)CCCl)ccc1C)NC(=O)O)OCC. The largest absolute Gasteiger partial charge is 0.465 e. The summed E-state index contributed by atoms with van der Waals surface area (Å²) in [6, 6.07) is 5.27. The van der Waals surface area contributed by atoms with Gasteiger partial charge < -0.3 is 29.3 Å². The molecule has 1 aromatic carbocycles. The van der Waals surface area contributed by atoms with Gasteiger partial charge in [-0.25, -0.2) is 4.79 Å². The predicted octanol–water partition coefficient (Wildman–Crippen LogP) is 5.52. The molecule has 1 rings (SSSR count). The zero-order valence-corrected chi connectivity index (χ0v) is 23.2. The average Bonchev–Trinajstić information content (AvgIpc) is 2.75. The molecule has 2 N–H and O–H groups in total. The molecule has 0 fully saturated rings. The summed E-state index contributed by atoms with van der Waals surface area (Å²) in [5.41, 5.74) is 1.36. The van der Waals surface area contributed by atoms with Crippen LogP contribution in [0.5, 0.6) is 0 Å². The first-order valence-corrected chi connectivity index (χ1v) is 14.4. The van der Waals surface area contributed by atoms with Gasteiger partial charge in [-0.15, -0.1) is 23.2 Å². The van der Waals surface area contributed by atoms with Crippen molar-refractivity contribution in [3.05, 3.63) is 29.3 Å². The minimum Gasteiger partial charge on any atom is -0.465 e. The Hall–Kier alpha value is -1.02. The molecule has 34 heavy (non-hydrogen) atoms. The van der Waals surface area contributed by atoms with Crippen molar-refractivity contribution in [3.63, 3.8) is 0 Å². The van der Waals surface area contributed by atoms with E-state index in [1.807, 2.05) is 25.1 Å². The summed E-state index contributed by atoms with van der Waals surface area (Å²) < 4.78 is 31.3. The van der Waals surface area contributed by atoms with Gasteiger partial charge in [-0.1, -0.05) is 6.07 Å². The van der Waals surface area contributed by atoms with Crippen LogP contribution in [0.25, 0.3) is 0 Å². The molecule has 1 unspecified atom stereocenters. The second kappa shape index (κ2) is 15.2. The van der Waals surface area contributed by atoms with Crippen LogP contribution < -0.4 is 10.2 Å². The highest BCUT2D eigenvalue weighted by Gasteiger charge is 2.49. The molecule has 0 aromatic heterocycles. The molecular weight excluding hydrogens is 502 g/mol. The number of amides is 1. The summed E-state index contributed by atoms with van der Waals surface area (Å²) in [7, 11) is -3.61. The van der Waals surface area contributed by atoms with Gasteiger partial charge in [-0.05, 0) is 64.3 Å². The van der Waals surface area contributed by atoms with Gasteiger partial charge in [0.2, 0.25) is 5.53 Å². The first-order chi connectivity index (χ1) is 16.1. The number of anilines is 1. The van der Waals surface area contributed by atoms with Crippen LogP contribution in [0, 0.1) is 6.92 Å². The molecule has 0 aliphatic carbocycles. The van der Waals surface area contributed by atoms with Crippen molar-refractivity contribution in [3.8, 4) is 0 Å². The average molecular weight is 541 g/mol. The number of carboxylic acid groups (broad SMARTS) is 1. The Morgan fingerprint density at radius 2 is 1.74 bits per heavy atom. The molecule has 1 aromatic rings. The topological polar surface area (TPSA) is 97.3 Å². The minimum absolute atomic E-state index is 0.0830. The quantitative estimate of drug-likeness (QED) is 0.152. The second-order valence-corrected chi connectivity index (χ2v) is 11.4. The molecule has 0 aliphatic rings. The number of aryl methyl sites for hydroxylation is 1. The van der Waals surface area contributed by atoms with Crippen molar-refractivity contribution in [1.82, 2.24) is 5.32 Å². The standard InChI is InChI=1S/C23H39Cl2N2O6P/c1-6-31-23(5,32-7-2)34(30,33-8-3)17-20(26-22(28)29)15-19-16-21(10-9-18(19)4)27(13-11-24)14-12-25/h9-10,16,20,26H,6-8,11-15,17H2,1-5H3,(H,28,29)/t20-,34?/m1/s1. The maximum Gasteiger partial charge on any atom is 0.404 e. The van der Waals surface area contributed by atoms with Crippen molar-refractivity contribution in [1.29, 1.82) is 0 Å². The van der Waals surface area contributed by atoms with Crippen molar-refractivity contribution in [2.75, 3.05) is 55.7 Å². The highest BCUT2D eigenvalue weighted by Crippen LogP contribution is 2.60. The lowest BCUT2D eigenvalue weighted by atomic mass is 10.0. The van der Waals surface area contributed by atoms with E-state index >= 15 is 0 Å². The van der Waals surface area contributed by atoms with Crippen LogP contribution in [0.15, 0.2) is 18.2 Å². The lowest BCUT2D eigenvalue weighted by Crippen LogP contribution is -2.43. The van der Waals surface area contributed by atoms with E-state index in [4.69, 9.17) is 37.2 Å². The molecule has 0 saturated carbocycles. The number of benzene rings is 1. The van der Waals surface area contributed by atoms with Gasteiger partial charge in [0.1, 0.15) is 0 Å². The van der Waals surface area contributed by atoms with Crippen LogP contribution in [0.2, 0.25) is 0 Å². The Kier molecular flexibility index (Phi) is 13.8. The Morgan fingerprint density at radius 1 is 1.15 bits per heavy atom. The first-order valence-electron chi connectivity index (χ1n) is 11.6. The third-order valence-electron chi connectivity index (χ3n) is 5.44. The molecule has 0 bridgehead atoms. The molecule has 0 radical (unpaired) electrons. The van der Waals surface area contributed by atoms with E-state index in [9.17, 15) is 14.5 Å². The number of ether oxygens (including phenoxy) is 2. The van der Waals surface area contributed by atoms with Crippen molar-refractivity contribution >= 4 is 42.4 Å². The molecule has 2 atom stereocenters. The van der Waals surface area contributed by atoms with Crippen LogP contribution in [-0.4, -0.2) is 73.6 Å². The van der Waals surface area contributed by atoms with Gasteiger partial charge in [0, 0.05) is 49.8 Å². The van der Waals surface area contributed by atoms with Gasteiger partial charge >= 0.3 is 6.09 Å². The third kappa shape index (κ3) is 8.89. The van der Waals surface area contributed by atoms with Crippen molar-refractivity contribution in [2.24, 2.45) is 0 Å². The number of hydrogen-bond acceptors (Lipinski definition) is 6. The van der Waals surface area contributed by atoms with E-state index in [1.54, 1.807) is 27.7 Å². The first kappa shape index (κ1) is 31.0. The minimum atomic E-state index is -3.61. The lowest BCUT2D eigenvalue weighted by Gasteiger charge is -2.37. The van der Waals surface area contributed by atoms with Crippen LogP contribution in [-0.2, 0) is 25.0 Å². The molecule has 1 amide bonds. The summed E-state index contributed by atoms with van der Waals surface area (Å²) in [5, 5.41) is 12.0. The summed E-state index contributed by atoms with van der Waals surface area (Å²) in [4.78, 5) is 13.7. The van der Waals surface area contributed by atoms with E-state index in [-0.39, 0.29) is 26.0 Å². The van der Waals surface area contributed by atoms with Crippen LogP contribution in [0.4, 0.5) is 10.5 Å². The van der Waals surface area contributed by atoms with E-state index in [0.29, 0.717) is 31.3 Å². The number of rotatable bonds is 17. The maximum absolute atomic E-state index is 14.1. The Bertz CT molecular complexity index is 802. The highest BCUT2D eigenvalue weighted by molar-refractivity contribution is 7.60. The van der Waals surface area contributed by atoms with Crippen LogP contribution in [0.1, 0.15) is 38.8 Å². The van der Waals surface area contributed by atoms with Crippen LogP contribution in [0.3, 0.4) is 0 Å².